The number of aliphatic imine (C=N–C) groups is 2. The van der Waals surface area contributed by atoms with Crippen LogP contribution in [0.25, 0.3) is 0 Å². The molecule has 6 atom stereocenters. The standard InChI is InChI=1S/C26H35F3N6O4/c1-14-7-19(15-8-18(23(38-4)30-9-15)22(36)32-16-5-6-39-12-16)33-21-20(14)24(37)35(25(21,2)3)17-10-31-34(11-17)13-26(27,28)29/h9-10,14-17,19-20H,5-8,11-13H2,1-4H3,(H,32,36)/t14?,15?,16-,17?,19?,20?/m0/s1. The maximum absolute atomic E-state index is 13.6. The number of carbonyl (C=O) groups is 2. The Morgan fingerprint density at radius 3 is 2.74 bits per heavy atom. The van der Waals surface area contributed by atoms with Gasteiger partial charge in [0.25, 0.3) is 5.91 Å². The molecule has 1 N–H and O–H groups in total. The van der Waals surface area contributed by atoms with Gasteiger partial charge in [-0.25, -0.2) is 4.99 Å². The molecular formula is C26H35F3N6O4. The van der Waals surface area contributed by atoms with E-state index in [1.807, 2.05) is 20.8 Å². The van der Waals surface area contributed by atoms with E-state index < -0.39 is 30.2 Å². The molecule has 214 valence electrons. The summed E-state index contributed by atoms with van der Waals surface area (Å²) in [4.78, 5) is 37.9. The van der Waals surface area contributed by atoms with Crippen LogP contribution < -0.4 is 5.32 Å². The molecule has 0 aromatic rings. The number of alkyl halides is 3. The van der Waals surface area contributed by atoms with Gasteiger partial charge >= 0.3 is 6.18 Å². The number of hydrogen-bond donors (Lipinski definition) is 1. The Morgan fingerprint density at radius 2 is 2.08 bits per heavy atom. The molecule has 5 aliphatic heterocycles. The maximum Gasteiger partial charge on any atom is 0.407 e. The number of ether oxygens (including phenoxy) is 2. The molecule has 2 amide bonds. The highest BCUT2D eigenvalue weighted by atomic mass is 19.4. The van der Waals surface area contributed by atoms with Crippen LogP contribution in [0.1, 0.15) is 40.0 Å². The molecule has 5 heterocycles. The van der Waals surface area contributed by atoms with Gasteiger partial charge in [-0.1, -0.05) is 6.92 Å². The lowest BCUT2D eigenvalue weighted by Crippen LogP contribution is -2.53. The first kappa shape index (κ1) is 27.6. The first-order valence-corrected chi connectivity index (χ1v) is 13.4. The summed E-state index contributed by atoms with van der Waals surface area (Å²) in [6.07, 6.45) is 0.586. The summed E-state index contributed by atoms with van der Waals surface area (Å²) in [5.74, 6) is -0.743. The van der Waals surface area contributed by atoms with Crippen LogP contribution in [0, 0.1) is 17.8 Å². The zero-order valence-electron chi connectivity index (χ0n) is 22.6. The van der Waals surface area contributed by atoms with Crippen molar-refractivity contribution in [2.45, 2.75) is 69.9 Å². The lowest BCUT2D eigenvalue weighted by molar-refractivity contribution is -0.146. The maximum atomic E-state index is 13.6. The Morgan fingerprint density at radius 1 is 1.31 bits per heavy atom. The van der Waals surface area contributed by atoms with Crippen molar-refractivity contribution in [2.24, 2.45) is 32.8 Å². The fraction of sp³-hybridized carbons (Fsp3) is 0.731. The van der Waals surface area contributed by atoms with Crippen LogP contribution in [0.5, 0.6) is 0 Å². The van der Waals surface area contributed by atoms with E-state index in [4.69, 9.17) is 14.5 Å². The summed E-state index contributed by atoms with van der Waals surface area (Å²) in [6, 6.07) is -0.838. The molecule has 0 aromatic carbocycles. The first-order chi connectivity index (χ1) is 18.4. The van der Waals surface area contributed by atoms with Crippen molar-refractivity contribution >= 4 is 30.0 Å². The Bertz CT molecular complexity index is 1130. The van der Waals surface area contributed by atoms with E-state index in [0.29, 0.717) is 31.6 Å². The molecule has 2 fully saturated rings. The molecule has 0 bridgehead atoms. The number of fused-ring (bicyclic) bond motifs is 1. The summed E-state index contributed by atoms with van der Waals surface area (Å²) in [5, 5.41) is 7.88. The van der Waals surface area contributed by atoms with Gasteiger partial charge in [0.1, 0.15) is 6.54 Å². The molecule has 0 aromatic heterocycles. The van der Waals surface area contributed by atoms with Gasteiger partial charge < -0.3 is 19.7 Å². The van der Waals surface area contributed by atoms with Gasteiger partial charge in [-0.15, -0.1) is 0 Å². The number of rotatable bonds is 6. The molecule has 39 heavy (non-hydrogen) atoms. The highest BCUT2D eigenvalue weighted by molar-refractivity contribution is 6.16. The predicted octanol–water partition coefficient (Wildman–Crippen LogP) is 2.16. The lowest BCUT2D eigenvalue weighted by atomic mass is 9.75. The molecule has 10 nitrogen and oxygen atoms in total. The Kier molecular flexibility index (Phi) is 7.23. The van der Waals surface area contributed by atoms with Crippen LogP contribution in [0.15, 0.2) is 26.5 Å². The van der Waals surface area contributed by atoms with Gasteiger partial charge in [0, 0.05) is 25.0 Å². The topological polar surface area (TPSA) is 108 Å². The number of amides is 2. The minimum Gasteiger partial charge on any atom is -0.481 e. The molecule has 0 aliphatic carbocycles. The van der Waals surface area contributed by atoms with Crippen LogP contribution in [0.4, 0.5) is 13.2 Å². The van der Waals surface area contributed by atoms with Gasteiger partial charge in [-0.05, 0) is 39.0 Å². The van der Waals surface area contributed by atoms with Crippen LogP contribution in [0.2, 0.25) is 0 Å². The number of carbonyl (C=O) groups excluding carboxylic acids is 2. The predicted molar refractivity (Wildman–Crippen MR) is 137 cm³/mol. The first-order valence-electron chi connectivity index (χ1n) is 13.4. The van der Waals surface area contributed by atoms with Crippen LogP contribution in [-0.2, 0) is 19.1 Å². The molecule has 0 spiro atoms. The van der Waals surface area contributed by atoms with E-state index in [1.165, 1.54) is 13.3 Å². The van der Waals surface area contributed by atoms with Crippen LogP contribution in [0.3, 0.4) is 0 Å². The van der Waals surface area contributed by atoms with Crippen molar-refractivity contribution in [1.29, 1.82) is 0 Å². The number of hydrazone groups is 1. The summed E-state index contributed by atoms with van der Waals surface area (Å²) in [7, 11) is 1.48. The highest BCUT2D eigenvalue weighted by Crippen LogP contribution is 2.44. The SMILES string of the molecule is COC1=C(C(=O)N[C@H]2CCOC2)CC(C2CC(C)C3C(=O)N(C4C=NN(CC(F)(F)F)C4)C(C)(C)C3=N2)C=N1. The second-order valence-corrected chi connectivity index (χ2v) is 11.5. The molecule has 0 radical (unpaired) electrons. The average Bonchev–Trinajstić information content (AvgIpc) is 3.57. The number of nitrogens with one attached hydrogen (secondary N) is 1. The van der Waals surface area contributed by atoms with Crippen LogP contribution >= 0.6 is 0 Å². The fourth-order valence-electron chi connectivity index (χ4n) is 6.48. The third-order valence-electron chi connectivity index (χ3n) is 8.32. The average molecular weight is 553 g/mol. The quantitative estimate of drug-likeness (QED) is 0.544. The summed E-state index contributed by atoms with van der Waals surface area (Å²) in [5.41, 5.74) is 0.381. The smallest absolute Gasteiger partial charge is 0.407 e. The summed E-state index contributed by atoms with van der Waals surface area (Å²) >= 11 is 0. The highest BCUT2D eigenvalue weighted by Gasteiger charge is 2.57. The Labute approximate surface area is 225 Å². The summed E-state index contributed by atoms with van der Waals surface area (Å²) in [6.45, 7) is 5.69. The molecular weight excluding hydrogens is 517 g/mol. The fourth-order valence-corrected chi connectivity index (χ4v) is 6.48. The van der Waals surface area contributed by atoms with Crippen molar-refractivity contribution in [1.82, 2.24) is 15.2 Å². The van der Waals surface area contributed by atoms with E-state index in [1.54, 1.807) is 11.1 Å². The molecule has 0 saturated carbocycles. The zero-order chi connectivity index (χ0) is 28.1. The van der Waals surface area contributed by atoms with Crippen molar-refractivity contribution in [3.63, 3.8) is 0 Å². The Hall–Kier alpha value is -2.96. The van der Waals surface area contributed by atoms with Crippen molar-refractivity contribution in [2.75, 3.05) is 33.4 Å². The number of likely N-dealkylation sites (tertiary alicyclic amines) is 1. The van der Waals surface area contributed by atoms with Gasteiger partial charge in [-0.2, -0.15) is 18.3 Å². The molecule has 5 rings (SSSR count). The minimum atomic E-state index is -4.38. The van der Waals surface area contributed by atoms with E-state index in [-0.39, 0.29) is 48.2 Å². The van der Waals surface area contributed by atoms with E-state index >= 15 is 0 Å². The number of halogens is 3. The van der Waals surface area contributed by atoms with Gasteiger partial charge in [0.2, 0.25) is 11.8 Å². The van der Waals surface area contributed by atoms with E-state index in [2.05, 4.69) is 15.4 Å². The summed E-state index contributed by atoms with van der Waals surface area (Å²) < 4.78 is 49.5. The largest absolute Gasteiger partial charge is 0.481 e. The van der Waals surface area contributed by atoms with Crippen LogP contribution in [-0.4, -0.2) is 103 Å². The molecule has 13 heteroatoms. The van der Waals surface area contributed by atoms with Gasteiger partial charge in [-0.3, -0.25) is 19.6 Å². The molecule has 5 aliphatic rings. The van der Waals surface area contributed by atoms with Crippen molar-refractivity contribution < 1.29 is 32.2 Å². The number of hydrogen-bond acceptors (Lipinski definition) is 8. The molecule has 5 unspecified atom stereocenters. The monoisotopic (exact) mass is 552 g/mol. The van der Waals surface area contributed by atoms with Gasteiger partial charge in [0.15, 0.2) is 0 Å². The zero-order valence-corrected chi connectivity index (χ0v) is 22.6. The Balaban J connectivity index is 1.34. The van der Waals surface area contributed by atoms with Crippen molar-refractivity contribution in [3.05, 3.63) is 11.5 Å². The number of methoxy groups -OCH3 is 1. The third kappa shape index (κ3) is 5.29. The lowest BCUT2D eigenvalue weighted by Gasteiger charge is -2.37. The van der Waals surface area contributed by atoms with Crippen molar-refractivity contribution in [3.8, 4) is 0 Å². The second kappa shape index (κ2) is 10.2. The van der Waals surface area contributed by atoms with E-state index in [9.17, 15) is 22.8 Å². The van der Waals surface area contributed by atoms with Gasteiger partial charge in [0.05, 0.1) is 61.1 Å². The second-order valence-electron chi connectivity index (χ2n) is 11.5. The minimum absolute atomic E-state index is 0.0170. The van der Waals surface area contributed by atoms with E-state index in [0.717, 1.165) is 17.1 Å². The molecule has 2 saturated heterocycles. The normalized spacial score (nSPS) is 34.0. The third-order valence-corrected chi connectivity index (χ3v) is 8.32. The number of nitrogens with zero attached hydrogens (tertiary/aromatic N) is 5.